The number of hydrogen-bond donors (Lipinski definition) is 1. The van der Waals surface area contributed by atoms with Gasteiger partial charge in [0, 0.05) is 7.11 Å². The Bertz CT molecular complexity index is 211. The first-order valence-corrected chi connectivity index (χ1v) is 4.22. The minimum absolute atomic E-state index is 0.177. The van der Waals surface area contributed by atoms with E-state index in [2.05, 4.69) is 4.74 Å². The van der Waals surface area contributed by atoms with E-state index in [0.717, 1.165) is 0 Å². The third-order valence-corrected chi connectivity index (χ3v) is 1.63. The van der Waals surface area contributed by atoms with Crippen molar-refractivity contribution in [1.82, 2.24) is 5.32 Å². The largest absolute Gasteiger partial charge is 0.382 e. The van der Waals surface area contributed by atoms with Gasteiger partial charge in [0.2, 0.25) is 0 Å². The molecule has 0 saturated carbocycles. The van der Waals surface area contributed by atoms with Gasteiger partial charge in [-0.3, -0.25) is 9.59 Å². The highest BCUT2D eigenvalue weighted by Gasteiger charge is 2.24. The molecule has 0 bridgehead atoms. The summed E-state index contributed by atoms with van der Waals surface area (Å²) in [6, 6.07) is -1.11. The van der Waals surface area contributed by atoms with Gasteiger partial charge in [-0.25, -0.2) is 0 Å². The number of rotatable bonds is 6. The standard InChI is InChI=1S/C7H10ClF2NO3/c1-14-3-4(5(12)2-8)11-7(13)6(9)10/h4,6H,2-3H2,1H3,(H,11,13). The van der Waals surface area contributed by atoms with Crippen molar-refractivity contribution in [1.29, 1.82) is 0 Å². The lowest BCUT2D eigenvalue weighted by atomic mass is 10.2. The third kappa shape index (κ3) is 4.48. The SMILES string of the molecule is COCC(NC(=O)C(F)F)C(=O)CCl. The summed E-state index contributed by atoms with van der Waals surface area (Å²) in [5.74, 6) is -2.44. The Morgan fingerprint density at radius 3 is 2.43 bits per heavy atom. The van der Waals surface area contributed by atoms with Gasteiger partial charge < -0.3 is 10.1 Å². The van der Waals surface area contributed by atoms with Crippen LogP contribution in [0.25, 0.3) is 0 Å². The van der Waals surface area contributed by atoms with E-state index in [4.69, 9.17) is 11.6 Å². The van der Waals surface area contributed by atoms with Crippen LogP contribution in [-0.4, -0.2) is 43.8 Å². The van der Waals surface area contributed by atoms with Gasteiger partial charge in [-0.05, 0) is 0 Å². The highest BCUT2D eigenvalue weighted by molar-refractivity contribution is 6.28. The molecule has 0 aliphatic heterocycles. The second-order valence-electron chi connectivity index (χ2n) is 2.42. The zero-order valence-corrected chi connectivity index (χ0v) is 8.18. The van der Waals surface area contributed by atoms with Crippen LogP contribution in [0.15, 0.2) is 0 Å². The molecule has 4 nitrogen and oxygen atoms in total. The van der Waals surface area contributed by atoms with Crippen molar-refractivity contribution in [2.75, 3.05) is 19.6 Å². The monoisotopic (exact) mass is 229 g/mol. The van der Waals surface area contributed by atoms with Gasteiger partial charge >= 0.3 is 6.43 Å². The average Bonchev–Trinajstić information content (AvgIpc) is 2.15. The topological polar surface area (TPSA) is 55.4 Å². The molecule has 0 spiro atoms. The smallest absolute Gasteiger partial charge is 0.315 e. The number of carbonyl (C=O) groups is 2. The minimum atomic E-state index is -3.16. The van der Waals surface area contributed by atoms with Crippen LogP contribution >= 0.6 is 11.6 Å². The number of methoxy groups -OCH3 is 1. The maximum atomic E-state index is 11.8. The summed E-state index contributed by atoms with van der Waals surface area (Å²) in [6.45, 7) is -0.177. The third-order valence-electron chi connectivity index (χ3n) is 1.37. The van der Waals surface area contributed by atoms with Crippen LogP contribution in [0.3, 0.4) is 0 Å². The zero-order chi connectivity index (χ0) is 11.1. The van der Waals surface area contributed by atoms with Crippen LogP contribution in [0.2, 0.25) is 0 Å². The number of amides is 1. The predicted molar refractivity (Wildman–Crippen MR) is 45.5 cm³/mol. The van der Waals surface area contributed by atoms with E-state index >= 15 is 0 Å². The molecule has 1 amide bonds. The first-order valence-electron chi connectivity index (χ1n) is 3.69. The number of carbonyl (C=O) groups excluding carboxylic acids is 2. The Morgan fingerprint density at radius 1 is 1.50 bits per heavy atom. The fourth-order valence-corrected chi connectivity index (χ4v) is 0.896. The van der Waals surface area contributed by atoms with Crippen LogP contribution in [0.1, 0.15) is 0 Å². The Morgan fingerprint density at radius 2 is 2.07 bits per heavy atom. The first-order chi connectivity index (χ1) is 6.52. The van der Waals surface area contributed by atoms with E-state index in [0.29, 0.717) is 0 Å². The van der Waals surface area contributed by atoms with Crippen LogP contribution in [-0.2, 0) is 14.3 Å². The summed E-state index contributed by atoms with van der Waals surface area (Å²) in [4.78, 5) is 21.5. The van der Waals surface area contributed by atoms with Gasteiger partial charge in [0.05, 0.1) is 12.5 Å². The second-order valence-corrected chi connectivity index (χ2v) is 2.68. The maximum absolute atomic E-state index is 11.8. The highest BCUT2D eigenvalue weighted by atomic mass is 35.5. The molecule has 0 rings (SSSR count). The van der Waals surface area contributed by atoms with E-state index in [1.54, 1.807) is 0 Å². The molecule has 0 saturated heterocycles. The van der Waals surface area contributed by atoms with E-state index in [9.17, 15) is 18.4 Å². The minimum Gasteiger partial charge on any atom is -0.382 e. The highest BCUT2D eigenvalue weighted by Crippen LogP contribution is 1.96. The van der Waals surface area contributed by atoms with Crippen LogP contribution in [0, 0.1) is 0 Å². The van der Waals surface area contributed by atoms with Gasteiger partial charge in [-0.15, -0.1) is 11.6 Å². The molecular weight excluding hydrogens is 220 g/mol. The molecule has 0 aromatic heterocycles. The Kier molecular flexibility index (Phi) is 6.31. The number of ether oxygens (including phenoxy) is 1. The summed E-state index contributed by atoms with van der Waals surface area (Å²) < 4.78 is 28.2. The van der Waals surface area contributed by atoms with Crippen LogP contribution in [0.5, 0.6) is 0 Å². The molecule has 82 valence electrons. The summed E-state index contributed by atoms with van der Waals surface area (Å²) >= 11 is 5.20. The van der Waals surface area contributed by atoms with Gasteiger partial charge in [-0.2, -0.15) is 8.78 Å². The molecule has 0 fully saturated rings. The maximum Gasteiger partial charge on any atom is 0.315 e. The van der Waals surface area contributed by atoms with Crippen molar-refractivity contribution in [2.24, 2.45) is 0 Å². The van der Waals surface area contributed by atoms with E-state index < -0.39 is 24.2 Å². The molecule has 7 heteroatoms. The number of alkyl halides is 3. The quantitative estimate of drug-likeness (QED) is 0.662. The molecule has 1 unspecified atom stereocenters. The van der Waals surface area contributed by atoms with Gasteiger partial charge in [0.25, 0.3) is 5.91 Å². The molecule has 14 heavy (non-hydrogen) atoms. The van der Waals surface area contributed by atoms with Crippen molar-refractivity contribution in [2.45, 2.75) is 12.5 Å². The lowest BCUT2D eigenvalue weighted by molar-refractivity contribution is -0.135. The summed E-state index contributed by atoms with van der Waals surface area (Å²) in [7, 11) is 1.28. The number of ketones is 1. The number of nitrogens with one attached hydrogen (secondary N) is 1. The lowest BCUT2D eigenvalue weighted by Gasteiger charge is -2.14. The normalized spacial score (nSPS) is 12.6. The molecule has 0 aromatic rings. The lowest BCUT2D eigenvalue weighted by Crippen LogP contribution is -2.46. The predicted octanol–water partition coefficient (Wildman–Crippen LogP) is 0.191. The van der Waals surface area contributed by atoms with Crippen LogP contribution < -0.4 is 5.32 Å². The number of Topliss-reactive ketones (excluding diaryl/α,β-unsaturated/α-hetero) is 1. The van der Waals surface area contributed by atoms with E-state index in [-0.39, 0.29) is 12.5 Å². The van der Waals surface area contributed by atoms with Crippen LogP contribution in [0.4, 0.5) is 8.78 Å². The summed E-state index contributed by atoms with van der Waals surface area (Å²) in [5, 5.41) is 1.82. The molecule has 1 atom stereocenters. The molecule has 0 aromatic carbocycles. The summed E-state index contributed by atoms with van der Waals surface area (Å²) in [6.07, 6.45) is -3.16. The number of halogens is 3. The fourth-order valence-electron chi connectivity index (χ4n) is 0.710. The van der Waals surface area contributed by atoms with Crippen molar-refractivity contribution in [3.05, 3.63) is 0 Å². The van der Waals surface area contributed by atoms with E-state index in [1.807, 2.05) is 5.32 Å². The fraction of sp³-hybridized carbons (Fsp3) is 0.714. The second kappa shape index (κ2) is 6.67. The average molecular weight is 230 g/mol. The Labute approximate surface area is 84.5 Å². The molecule has 0 radical (unpaired) electrons. The Balaban J connectivity index is 4.22. The van der Waals surface area contributed by atoms with Crippen molar-refractivity contribution in [3.8, 4) is 0 Å². The van der Waals surface area contributed by atoms with Gasteiger partial charge in [0.1, 0.15) is 6.04 Å². The zero-order valence-electron chi connectivity index (χ0n) is 7.43. The molecule has 1 N–H and O–H groups in total. The number of hydrogen-bond acceptors (Lipinski definition) is 3. The van der Waals surface area contributed by atoms with Crippen molar-refractivity contribution < 1.29 is 23.1 Å². The summed E-state index contributed by atoms with van der Waals surface area (Å²) in [5.41, 5.74) is 0. The molecule has 0 aliphatic rings. The molecular formula is C7H10ClF2NO3. The van der Waals surface area contributed by atoms with Gasteiger partial charge in [-0.1, -0.05) is 0 Å². The van der Waals surface area contributed by atoms with Crippen molar-refractivity contribution >= 4 is 23.3 Å². The van der Waals surface area contributed by atoms with Gasteiger partial charge in [0.15, 0.2) is 5.78 Å². The first kappa shape index (κ1) is 13.2. The van der Waals surface area contributed by atoms with Crippen molar-refractivity contribution in [3.63, 3.8) is 0 Å². The van der Waals surface area contributed by atoms with E-state index in [1.165, 1.54) is 7.11 Å². The Hall–Kier alpha value is -0.750. The molecule has 0 heterocycles. The molecule has 0 aliphatic carbocycles.